The molecule has 1 aromatic heterocycles. The summed E-state index contributed by atoms with van der Waals surface area (Å²) in [5.41, 5.74) is 9.47. The van der Waals surface area contributed by atoms with Gasteiger partial charge in [-0.15, -0.1) is 15.9 Å². The summed E-state index contributed by atoms with van der Waals surface area (Å²) in [4.78, 5) is 33.5. The van der Waals surface area contributed by atoms with Crippen LogP contribution in [-0.2, 0) is 27.5 Å². The number of aromatic nitrogens is 2. The third-order valence-corrected chi connectivity index (χ3v) is 8.19. The van der Waals surface area contributed by atoms with Gasteiger partial charge in [-0.3, -0.25) is 14.7 Å². The summed E-state index contributed by atoms with van der Waals surface area (Å²) in [5, 5.41) is 76.3. The second-order valence-corrected chi connectivity index (χ2v) is 12.9. The molecule has 6 rings (SSSR count). The number of carboxylic acids is 1. The Morgan fingerprint density at radius 3 is 2.03 bits per heavy atom. The molecule has 10 N–H and O–H groups in total. The molecule has 316 valence electrons. The average Bonchev–Trinajstić information content (AvgIpc) is 3.51. The summed E-state index contributed by atoms with van der Waals surface area (Å²) < 4.78 is 32.2. The Hall–Kier alpha value is -6.68. The number of nitrogens with two attached hydrogens (primary N) is 2. The molecule has 0 bridgehead atoms. The Labute approximate surface area is 354 Å². The number of nitrogens with zero attached hydrogens (tertiary/aromatic N) is 7. The van der Waals surface area contributed by atoms with E-state index in [1.807, 2.05) is 18.2 Å². The molecule has 0 aliphatic heterocycles. The van der Waals surface area contributed by atoms with E-state index in [4.69, 9.17) is 31.3 Å². The number of hydrogen-bond acceptors (Lipinski definition) is 17. The van der Waals surface area contributed by atoms with Crippen molar-refractivity contribution in [2.24, 2.45) is 31.9 Å². The maximum Gasteiger partial charge on any atom is 1.00 e. The molecule has 60 heavy (non-hydrogen) atoms. The Morgan fingerprint density at radius 2 is 1.47 bits per heavy atom. The Balaban J connectivity index is 0.000000992. The summed E-state index contributed by atoms with van der Waals surface area (Å²) in [6.45, 7) is 2.47. The fourth-order valence-electron chi connectivity index (χ4n) is 4.56. The van der Waals surface area contributed by atoms with Crippen LogP contribution in [0.2, 0.25) is 0 Å². The van der Waals surface area contributed by atoms with Crippen LogP contribution in [0.5, 0.6) is 11.5 Å². The number of phenolic OH excluding ortho intramolecular Hbond substituents is 2. The van der Waals surface area contributed by atoms with Crippen molar-refractivity contribution in [1.82, 2.24) is 9.78 Å². The zero-order chi connectivity index (χ0) is 43.7. The van der Waals surface area contributed by atoms with Crippen molar-refractivity contribution in [2.45, 2.75) is 11.8 Å². The average molecular weight is 887 g/mol. The predicted octanol–water partition coefficient (Wildman–Crippen LogP) is 5.29. The van der Waals surface area contributed by atoms with Gasteiger partial charge in [0.25, 0.3) is 15.8 Å². The maximum atomic E-state index is 12.6. The number of nitro benzene ring substituents is 1. The normalized spacial score (nSPS) is 10.8. The van der Waals surface area contributed by atoms with Crippen LogP contribution in [0.15, 0.2) is 133 Å². The molecule has 1 heterocycles. The largest absolute Gasteiger partial charge is 1.00 e. The first-order valence-electron chi connectivity index (χ1n) is 16.9. The first-order chi connectivity index (χ1) is 28.1. The number of aliphatic hydroxyl groups excluding tert-OH is 2. The van der Waals surface area contributed by atoms with E-state index >= 15 is 0 Å². The molecule has 0 spiro atoms. The van der Waals surface area contributed by atoms with E-state index in [0.717, 1.165) is 28.3 Å². The van der Waals surface area contributed by atoms with Crippen molar-refractivity contribution in [1.29, 1.82) is 0 Å². The molecule has 0 radical (unpaired) electrons. The monoisotopic (exact) mass is 886 g/mol. The number of carbonyl (C=O) groups is 1. The molecular formula is C37H40CrN9O12S+. The fourth-order valence-corrected chi connectivity index (χ4v) is 5.04. The summed E-state index contributed by atoms with van der Waals surface area (Å²) in [5.74, 6) is -1.58. The van der Waals surface area contributed by atoms with E-state index < -0.39 is 26.6 Å². The number of phenols is 2. The summed E-state index contributed by atoms with van der Waals surface area (Å²) in [6, 6.07) is 24.9. The van der Waals surface area contributed by atoms with Crippen LogP contribution in [0.4, 0.5) is 28.4 Å². The van der Waals surface area contributed by atoms with Crippen molar-refractivity contribution < 1.29 is 68.4 Å². The number of benzene rings is 5. The first-order valence-corrected chi connectivity index (χ1v) is 18.3. The molecule has 0 atom stereocenters. The van der Waals surface area contributed by atoms with Crippen LogP contribution in [0.3, 0.4) is 0 Å². The van der Waals surface area contributed by atoms with Crippen LogP contribution in [0, 0.1) is 17.0 Å². The second-order valence-electron chi connectivity index (χ2n) is 11.5. The summed E-state index contributed by atoms with van der Waals surface area (Å²) in [6.07, 6.45) is 0. The molecule has 6 aromatic rings. The van der Waals surface area contributed by atoms with Crippen LogP contribution < -0.4 is 17.0 Å². The topological polar surface area (TPSA) is 352 Å². The smallest absolute Gasteiger partial charge is 0.506 e. The van der Waals surface area contributed by atoms with E-state index in [-0.39, 0.29) is 95.2 Å². The number of hydrogen-bond donors (Lipinski definition) is 8. The molecule has 5 aromatic carbocycles. The minimum atomic E-state index is -4.35. The summed E-state index contributed by atoms with van der Waals surface area (Å²) >= 11 is 0. The molecule has 0 aliphatic carbocycles. The van der Waals surface area contributed by atoms with E-state index in [1.54, 1.807) is 24.3 Å². The minimum Gasteiger partial charge on any atom is -0.506 e. The van der Waals surface area contributed by atoms with Crippen LogP contribution in [-0.4, -0.2) is 85.5 Å². The minimum absolute atomic E-state index is 0. The number of aliphatic hydroxyl groups is 2. The molecule has 0 fully saturated rings. The number of fused-ring (bicyclic) bond motifs is 1. The molecule has 0 saturated carbocycles. The van der Waals surface area contributed by atoms with Crippen molar-refractivity contribution in [3.05, 3.63) is 135 Å². The Kier molecular flexibility index (Phi) is 19.5. The van der Waals surface area contributed by atoms with E-state index in [1.165, 1.54) is 49.4 Å². The van der Waals surface area contributed by atoms with Gasteiger partial charge in [0.15, 0.2) is 0 Å². The van der Waals surface area contributed by atoms with E-state index in [0.29, 0.717) is 18.5 Å². The number of aryl methyl sites for hydroxylation is 1. The van der Waals surface area contributed by atoms with Gasteiger partial charge in [-0.25, -0.2) is 14.6 Å². The zero-order valence-corrected chi connectivity index (χ0v) is 33.5. The maximum absolute atomic E-state index is 12.6. The van der Waals surface area contributed by atoms with E-state index in [9.17, 15) is 38.3 Å². The van der Waals surface area contributed by atoms with Gasteiger partial charge in [0.05, 0.1) is 46.0 Å². The van der Waals surface area contributed by atoms with Crippen molar-refractivity contribution in [2.75, 3.05) is 26.3 Å². The van der Waals surface area contributed by atoms with Crippen LogP contribution in [0.25, 0.3) is 16.5 Å². The molecule has 0 aliphatic rings. The molecule has 23 heteroatoms. The van der Waals surface area contributed by atoms with Gasteiger partial charge in [0, 0.05) is 41.9 Å². The molecular weight excluding hydrogens is 847 g/mol. The number of azo groups is 2. The van der Waals surface area contributed by atoms with Gasteiger partial charge in [-0.2, -0.15) is 13.5 Å². The second kappa shape index (κ2) is 23.7. The SMILES string of the molecule is Cc1nn(-c2ccc(S(=O)(=O)O)cc2)c(=O)[c-]1N=Nc1ccccc1C(=O)O.NCCO.NCCO.O=[N+]([O-])c1ccc(N=Nc2c(O)ccc3ccccc23)c(O)c1.[Cr].[H+].[H+]. The van der Waals surface area contributed by atoms with Crippen LogP contribution in [0.1, 0.15) is 18.9 Å². The van der Waals surface area contributed by atoms with Crippen LogP contribution >= 0.6 is 0 Å². The number of rotatable bonds is 10. The predicted molar refractivity (Wildman–Crippen MR) is 217 cm³/mol. The Morgan fingerprint density at radius 1 is 0.867 bits per heavy atom. The third kappa shape index (κ3) is 13.7. The Bertz CT molecular complexity index is 2620. The van der Waals surface area contributed by atoms with Crippen molar-refractivity contribution in [3.63, 3.8) is 0 Å². The van der Waals surface area contributed by atoms with Gasteiger partial charge in [0.1, 0.15) is 28.4 Å². The van der Waals surface area contributed by atoms with Gasteiger partial charge in [0.2, 0.25) is 0 Å². The number of aromatic carboxylic acids is 1. The first kappa shape index (κ1) is 49.5. The number of nitro groups is 1. The van der Waals surface area contributed by atoms with Crippen molar-refractivity contribution >= 4 is 55.3 Å². The number of aromatic hydroxyl groups is 2. The van der Waals surface area contributed by atoms with Gasteiger partial charge in [-0.1, -0.05) is 55.1 Å². The fraction of sp³-hybridized carbons (Fsp3) is 0.135. The third-order valence-electron chi connectivity index (χ3n) is 7.32. The van der Waals surface area contributed by atoms with Gasteiger partial charge >= 0.3 is 8.82 Å². The van der Waals surface area contributed by atoms with Gasteiger partial charge < -0.3 is 46.9 Å². The van der Waals surface area contributed by atoms with E-state index in [2.05, 4.69) is 25.6 Å². The molecule has 21 nitrogen and oxygen atoms in total. The number of non-ortho nitro benzene ring substituents is 1. The molecule has 0 unspecified atom stereocenters. The quantitative estimate of drug-likeness (QED) is 0.0285. The van der Waals surface area contributed by atoms with Gasteiger partial charge in [-0.05, 0) is 53.9 Å². The zero-order valence-electron chi connectivity index (χ0n) is 33.4. The molecule has 0 amide bonds. The standard InChI is InChI=1S/C17H13N4O6S.C16H11N3O4.2C2H7NO.Cr/c1-10-15(19-18-14-5-3-2-4-13(14)17(23)24)16(22)21(20-10)11-6-8-12(9-7-11)28(25,26)27;20-14-8-5-10-3-1-2-4-12(10)16(14)18-17-13-7-6-11(19(22)23)9-15(13)21;2*3-1-2-4;/h2-9H,1H3,(H,23,24)(H,25,26,27);1-9,20-21H;2*4H,1-3H2;/q-1;;;;/p+2. The molecule has 0 saturated heterocycles. The summed E-state index contributed by atoms with van der Waals surface area (Å²) in [7, 11) is -4.35. The van der Waals surface area contributed by atoms with Crippen molar-refractivity contribution in [3.8, 4) is 17.2 Å². The number of carboxylic acid groups (broad SMARTS) is 1.